The molecule has 0 radical (unpaired) electrons. The van der Waals surface area contributed by atoms with Gasteiger partial charge in [-0.1, -0.05) is 91.0 Å². The van der Waals surface area contributed by atoms with E-state index in [0.29, 0.717) is 0 Å². The molecule has 3 nitrogen and oxygen atoms in total. The molecule has 0 amide bonds. The molecule has 0 fully saturated rings. The van der Waals surface area contributed by atoms with Crippen molar-refractivity contribution in [3.05, 3.63) is 182 Å². The molecule has 236 valence electrons. The summed E-state index contributed by atoms with van der Waals surface area (Å²) in [6.45, 7) is 0. The van der Waals surface area contributed by atoms with Crippen LogP contribution < -0.4 is 9.80 Å². The van der Waals surface area contributed by atoms with Gasteiger partial charge in [-0.25, -0.2) is 0 Å². The highest BCUT2D eigenvalue weighted by Gasteiger charge is 2.19. The lowest BCUT2D eigenvalue weighted by atomic mass is 10.0. The predicted octanol–water partition coefficient (Wildman–Crippen LogP) is 14.0. The average Bonchev–Trinajstić information content (AvgIpc) is 3.75. The van der Waals surface area contributed by atoms with Crippen LogP contribution in [0.25, 0.3) is 52.9 Å². The molecule has 0 unspecified atom stereocenters. The summed E-state index contributed by atoms with van der Waals surface area (Å²) < 4.78 is 8.89. The van der Waals surface area contributed by atoms with Crippen molar-refractivity contribution in [2.45, 2.75) is 0 Å². The molecule has 0 N–H and O–H groups in total. The highest BCUT2D eigenvalue weighted by atomic mass is 32.1. The van der Waals surface area contributed by atoms with E-state index in [9.17, 15) is 0 Å². The lowest BCUT2D eigenvalue weighted by Crippen LogP contribution is -2.13. The summed E-state index contributed by atoms with van der Waals surface area (Å²) in [5.74, 6) is 0. The largest absolute Gasteiger partial charge is 0.456 e. The number of furan rings is 1. The van der Waals surface area contributed by atoms with E-state index in [-0.39, 0.29) is 0 Å². The summed E-state index contributed by atoms with van der Waals surface area (Å²) in [7, 11) is 0. The van der Waals surface area contributed by atoms with Crippen molar-refractivity contribution in [2.75, 3.05) is 9.80 Å². The zero-order chi connectivity index (χ0) is 33.0. The summed E-state index contributed by atoms with van der Waals surface area (Å²) in [4.78, 5) is 4.71. The van der Waals surface area contributed by atoms with Crippen molar-refractivity contribution < 1.29 is 4.42 Å². The standard InChI is InChI=1S/C46H30N2OS/c1-3-12-32(13-4-1)47(36-24-22-31-23-26-43-46(40(31)29-36)39-19-7-9-20-42(39)49-43)34-16-11-17-35(28-34)48(33-14-5-2-6-15-33)37-25-27-45-41(30-37)38-18-8-10-21-44(38)50-45/h1-30H. The molecule has 0 aliphatic rings. The van der Waals surface area contributed by atoms with Gasteiger partial charge in [-0.05, 0) is 102 Å². The minimum Gasteiger partial charge on any atom is -0.456 e. The van der Waals surface area contributed by atoms with Gasteiger partial charge < -0.3 is 14.2 Å². The summed E-state index contributed by atoms with van der Waals surface area (Å²) in [5, 5.41) is 7.20. The SMILES string of the molecule is c1ccc(N(c2cccc(N(c3ccccc3)c3ccc4ccc5oc6ccccc6c5c4c3)c2)c2ccc3sc4ccccc4c3c2)cc1. The third-order valence-electron chi connectivity index (χ3n) is 9.59. The fourth-order valence-corrected chi connectivity index (χ4v) is 8.43. The first-order chi connectivity index (χ1) is 24.8. The highest BCUT2D eigenvalue weighted by Crippen LogP contribution is 2.44. The Balaban J connectivity index is 1.16. The number of nitrogens with zero attached hydrogens (tertiary/aromatic N) is 2. The second-order valence-electron chi connectivity index (χ2n) is 12.6. The van der Waals surface area contributed by atoms with Crippen LogP contribution in [0, 0.1) is 0 Å². The van der Waals surface area contributed by atoms with Gasteiger partial charge in [0.1, 0.15) is 11.2 Å². The Morgan fingerprint density at radius 1 is 0.340 bits per heavy atom. The third-order valence-corrected chi connectivity index (χ3v) is 10.7. The third kappa shape index (κ3) is 4.73. The van der Waals surface area contributed by atoms with Crippen LogP contribution in [0.3, 0.4) is 0 Å². The minimum atomic E-state index is 0.901. The van der Waals surface area contributed by atoms with Gasteiger partial charge >= 0.3 is 0 Å². The monoisotopic (exact) mass is 658 g/mol. The van der Waals surface area contributed by atoms with E-state index < -0.39 is 0 Å². The van der Waals surface area contributed by atoms with Crippen molar-refractivity contribution in [1.82, 2.24) is 0 Å². The first kappa shape index (κ1) is 28.6. The number of fused-ring (bicyclic) bond motifs is 8. The van der Waals surface area contributed by atoms with Crippen LogP contribution in [-0.2, 0) is 0 Å². The van der Waals surface area contributed by atoms with E-state index in [1.54, 1.807) is 0 Å². The topological polar surface area (TPSA) is 19.6 Å². The Labute approximate surface area is 293 Å². The van der Waals surface area contributed by atoms with E-state index in [4.69, 9.17) is 4.42 Å². The van der Waals surface area contributed by atoms with Gasteiger partial charge in [-0.15, -0.1) is 11.3 Å². The predicted molar refractivity (Wildman–Crippen MR) is 213 cm³/mol. The molecular weight excluding hydrogens is 629 g/mol. The molecule has 0 saturated heterocycles. The lowest BCUT2D eigenvalue weighted by Gasteiger charge is -2.29. The van der Waals surface area contributed by atoms with E-state index in [0.717, 1.165) is 56.1 Å². The van der Waals surface area contributed by atoms with Crippen LogP contribution in [0.2, 0.25) is 0 Å². The maximum absolute atomic E-state index is 6.28. The van der Waals surface area contributed by atoms with Crippen molar-refractivity contribution in [1.29, 1.82) is 0 Å². The smallest absolute Gasteiger partial charge is 0.136 e. The molecule has 0 atom stereocenters. The van der Waals surface area contributed by atoms with Gasteiger partial charge in [0.05, 0.1) is 0 Å². The van der Waals surface area contributed by atoms with Crippen LogP contribution in [0.4, 0.5) is 34.1 Å². The fourth-order valence-electron chi connectivity index (χ4n) is 7.34. The van der Waals surface area contributed by atoms with Crippen LogP contribution >= 0.6 is 11.3 Å². The van der Waals surface area contributed by atoms with Gasteiger partial charge in [-0.3, -0.25) is 0 Å². The minimum absolute atomic E-state index is 0.901. The zero-order valence-electron chi connectivity index (χ0n) is 27.0. The van der Waals surface area contributed by atoms with Crippen molar-refractivity contribution >= 4 is 98.3 Å². The van der Waals surface area contributed by atoms with Crippen molar-refractivity contribution in [3.63, 3.8) is 0 Å². The van der Waals surface area contributed by atoms with Crippen LogP contribution in [-0.4, -0.2) is 0 Å². The molecule has 0 aliphatic carbocycles. The highest BCUT2D eigenvalue weighted by molar-refractivity contribution is 7.25. The van der Waals surface area contributed by atoms with Gasteiger partial charge in [0.25, 0.3) is 0 Å². The maximum Gasteiger partial charge on any atom is 0.136 e. The summed E-state index contributed by atoms with van der Waals surface area (Å²) in [6, 6.07) is 65.0. The molecule has 10 aromatic rings. The number of thiophene rings is 1. The van der Waals surface area contributed by atoms with Crippen LogP contribution in [0.15, 0.2) is 186 Å². The van der Waals surface area contributed by atoms with E-state index in [1.165, 1.54) is 30.9 Å². The number of para-hydroxylation sites is 3. The second kappa shape index (κ2) is 11.7. The molecule has 0 spiro atoms. The van der Waals surface area contributed by atoms with E-state index >= 15 is 0 Å². The Hall–Kier alpha value is -6.36. The molecular formula is C46H30N2OS. The van der Waals surface area contributed by atoms with E-state index in [1.807, 2.05) is 23.5 Å². The van der Waals surface area contributed by atoms with Crippen LogP contribution in [0.1, 0.15) is 0 Å². The summed E-state index contributed by atoms with van der Waals surface area (Å²) >= 11 is 1.85. The molecule has 0 aliphatic heterocycles. The normalized spacial score (nSPS) is 11.6. The van der Waals surface area contributed by atoms with Crippen LogP contribution in [0.5, 0.6) is 0 Å². The van der Waals surface area contributed by atoms with E-state index in [2.05, 4.69) is 180 Å². The molecule has 50 heavy (non-hydrogen) atoms. The summed E-state index contributed by atoms with van der Waals surface area (Å²) in [6.07, 6.45) is 0. The first-order valence-corrected chi connectivity index (χ1v) is 17.7. The quantitative estimate of drug-likeness (QED) is 0.177. The molecule has 8 aromatic carbocycles. The number of benzene rings is 8. The maximum atomic E-state index is 6.28. The van der Waals surface area contributed by atoms with Gasteiger partial charge in [-0.2, -0.15) is 0 Å². The van der Waals surface area contributed by atoms with Gasteiger partial charge in [0.15, 0.2) is 0 Å². The molecule has 2 heterocycles. The zero-order valence-corrected chi connectivity index (χ0v) is 27.8. The van der Waals surface area contributed by atoms with Crippen molar-refractivity contribution in [3.8, 4) is 0 Å². The Kier molecular flexibility index (Phi) is 6.68. The van der Waals surface area contributed by atoms with Gasteiger partial charge in [0.2, 0.25) is 0 Å². The molecule has 0 bridgehead atoms. The molecule has 2 aromatic heterocycles. The second-order valence-corrected chi connectivity index (χ2v) is 13.7. The number of hydrogen-bond acceptors (Lipinski definition) is 4. The molecule has 0 saturated carbocycles. The average molecular weight is 659 g/mol. The Morgan fingerprint density at radius 2 is 0.880 bits per heavy atom. The van der Waals surface area contributed by atoms with Gasteiger partial charge in [0, 0.05) is 65.1 Å². The number of hydrogen-bond donors (Lipinski definition) is 0. The Bertz CT molecular complexity index is 2840. The number of anilines is 6. The Morgan fingerprint density at radius 3 is 1.62 bits per heavy atom. The van der Waals surface area contributed by atoms with Crippen molar-refractivity contribution in [2.24, 2.45) is 0 Å². The number of rotatable bonds is 6. The lowest BCUT2D eigenvalue weighted by molar-refractivity contribution is 0.669. The summed E-state index contributed by atoms with van der Waals surface area (Å²) in [5.41, 5.74) is 8.35. The fraction of sp³-hybridized carbons (Fsp3) is 0. The molecule has 10 rings (SSSR count). The first-order valence-electron chi connectivity index (χ1n) is 16.8. The molecule has 4 heteroatoms.